The Bertz CT molecular complexity index is 2760. The molecular weight excluding hydrogens is 1480 g/mol. The van der Waals surface area contributed by atoms with Crippen molar-refractivity contribution in [3.05, 3.63) is 45.2 Å². The van der Waals surface area contributed by atoms with E-state index in [-0.39, 0.29) is 72.2 Å². The van der Waals surface area contributed by atoms with Gasteiger partial charge in [-0.05, 0) is 137 Å². The van der Waals surface area contributed by atoms with Crippen molar-refractivity contribution < 1.29 is 69.0 Å². The average molecular weight is 1630 g/mol. The SMILES string of the molecule is CC[Si](CC)(CC)O[C@H]([C@H](O[Si](CC)(CC)CC)C(=O)NCC[C@H](C)c1nc(/C=C/C[C@@H]2O[C@]3(C[C@@H](O[Si](C)(C)C(C)(C)C)[C@@H]2C)O[C@H]([C@H](C[C@@H]2OC(C)(C)O[C@H]([C@H](C)/C=C(C)/C(C)=C/I)[C@H]2C)OC)[C@H](OP(=O)(OCC[Si](C)(C)C)OCC[Si](C)(C)C)C3(C)C)co1)[C@H](COC)N(C)C. The molecule has 100 heavy (non-hydrogen) atoms. The van der Waals surface area contributed by atoms with Crippen LogP contribution >= 0.6 is 30.4 Å². The van der Waals surface area contributed by atoms with Crippen LogP contribution in [0.1, 0.15) is 175 Å². The van der Waals surface area contributed by atoms with Crippen LogP contribution in [-0.2, 0) is 64.6 Å². The number of ether oxygens (including phenoxy) is 6. The Morgan fingerprint density at radius 1 is 0.800 bits per heavy atom. The zero-order valence-corrected chi connectivity index (χ0v) is 76.7. The Balaban J connectivity index is 1.79. The number of phosphoric ester groups is 1. The molecule has 1 amide bonds. The summed E-state index contributed by atoms with van der Waals surface area (Å²) in [6.45, 7) is 60.8. The molecule has 3 aliphatic heterocycles. The third-order valence-corrected chi connectivity index (χ3v) is 42.6. The van der Waals surface area contributed by atoms with Crippen molar-refractivity contribution in [3.63, 3.8) is 0 Å². The lowest BCUT2D eigenvalue weighted by Gasteiger charge is -2.53. The topological polar surface area (TPSA) is 186 Å². The molecule has 4 heterocycles. The molecule has 15 atom stereocenters. The number of likely N-dealkylation sites (N-methyl/N-ethyl adjacent to an activating group) is 1. The summed E-state index contributed by atoms with van der Waals surface area (Å²) in [5, 5.41) is 3.22. The molecule has 25 heteroatoms. The third-order valence-electron chi connectivity index (χ3n) is 23.0. The third kappa shape index (κ3) is 25.0. The van der Waals surface area contributed by atoms with Crippen molar-refractivity contribution >= 4 is 83.5 Å². The maximum Gasteiger partial charge on any atom is 0.475 e. The summed E-state index contributed by atoms with van der Waals surface area (Å²) in [6.07, 6.45) is 4.97. The van der Waals surface area contributed by atoms with Crippen molar-refractivity contribution in [1.82, 2.24) is 15.2 Å². The van der Waals surface area contributed by atoms with Gasteiger partial charge in [-0.25, -0.2) is 9.55 Å². The van der Waals surface area contributed by atoms with Gasteiger partial charge in [0.2, 0.25) is 0 Å². The van der Waals surface area contributed by atoms with Gasteiger partial charge in [-0.15, -0.1) is 0 Å². The van der Waals surface area contributed by atoms with E-state index in [0.29, 0.717) is 50.4 Å². The molecule has 3 saturated heterocycles. The molecule has 0 bridgehead atoms. The highest BCUT2D eigenvalue weighted by atomic mass is 127. The van der Waals surface area contributed by atoms with E-state index >= 15 is 4.57 Å². The number of rotatable bonds is 42. The second-order valence-corrected chi connectivity index (χ2v) is 62.5. The first-order valence-corrected chi connectivity index (χ1v) is 56.1. The molecular formula is C75H145IN3O15PSi5. The van der Waals surface area contributed by atoms with Gasteiger partial charge in [0.1, 0.15) is 24.2 Å². The molecule has 3 aliphatic rings. The van der Waals surface area contributed by atoms with Crippen LogP contribution in [0.2, 0.25) is 106 Å². The van der Waals surface area contributed by atoms with Gasteiger partial charge in [0.05, 0.1) is 62.5 Å². The number of hydrogen-bond donors (Lipinski definition) is 1. The molecule has 1 spiro atoms. The van der Waals surface area contributed by atoms with Gasteiger partial charge in [-0.1, -0.05) is 183 Å². The number of aromatic nitrogens is 1. The quantitative estimate of drug-likeness (QED) is 0.0282. The van der Waals surface area contributed by atoms with Crippen LogP contribution in [0.3, 0.4) is 0 Å². The lowest BCUT2D eigenvalue weighted by atomic mass is 9.72. The minimum Gasteiger partial charge on any atom is -0.448 e. The fourth-order valence-electron chi connectivity index (χ4n) is 14.0. The summed E-state index contributed by atoms with van der Waals surface area (Å²) in [5.41, 5.74) is 2.07. The number of nitrogens with one attached hydrogen (secondary N) is 1. The molecule has 3 fully saturated rings. The molecule has 0 radical (unpaired) electrons. The van der Waals surface area contributed by atoms with E-state index in [0.717, 1.165) is 48.4 Å². The Kier molecular flexibility index (Phi) is 35.5. The summed E-state index contributed by atoms with van der Waals surface area (Å²) in [4.78, 5) is 22.1. The standard InChI is InChI=1S/C75H145IN3O15PSi5/c1-32-99(33-2,34-3)93-66(60(52-82-22)79(20)21)68(94-100(35-4,36-5)37-6)70(80)77-42-41-53(7)71-78-59(51-84-71)39-38-40-61-57(11)64(92-98(30,31)72(13,14)15)49-75(88-61)73(16,17)69(91-95(81,85-43-45-96(24,25)26)86-44-46-97(27,28)29)67(90-75)63(83-23)48-62-58(12)65(89-74(18,19)87-62)55(9)47-54(8)56(10)50-76/h38-39,47,50-51,53,55,57-58,60-69H,32-37,40-46,48-49,52H2,1-31H3,(H,77,80)/b39-38+,54-47+,56-50+/t53-,55+,57+,58-,60-,61-,62-,63-,64+,65+,66-,67+,68-,69-,75+/m0/s1. The number of phosphoric acid groups is 1. The van der Waals surface area contributed by atoms with Gasteiger partial charge in [0, 0.05) is 78.8 Å². The van der Waals surface area contributed by atoms with E-state index in [9.17, 15) is 4.79 Å². The lowest BCUT2D eigenvalue weighted by Crippen LogP contribution is -2.61. The Labute approximate surface area is 628 Å². The van der Waals surface area contributed by atoms with Crippen molar-refractivity contribution in [1.29, 1.82) is 0 Å². The minimum absolute atomic E-state index is 0.0648. The van der Waals surface area contributed by atoms with Gasteiger partial charge in [0.25, 0.3) is 5.91 Å². The predicted octanol–water partition coefficient (Wildman–Crippen LogP) is 19.7. The van der Waals surface area contributed by atoms with E-state index in [1.807, 2.05) is 34.0 Å². The number of nitrogens with zero attached hydrogens (tertiary/aromatic N) is 2. The maximum absolute atomic E-state index is 15.8. The van der Waals surface area contributed by atoms with Crippen LogP contribution < -0.4 is 5.32 Å². The second kappa shape index (κ2) is 38.7. The van der Waals surface area contributed by atoms with E-state index in [2.05, 4.69) is 219 Å². The van der Waals surface area contributed by atoms with Gasteiger partial charge in [-0.3, -0.25) is 18.4 Å². The first-order valence-electron chi connectivity index (χ1n) is 38.1. The van der Waals surface area contributed by atoms with Gasteiger partial charge < -0.3 is 56.3 Å². The fourth-order valence-corrected chi connectivity index (χ4v) is 24.8. The monoisotopic (exact) mass is 1630 g/mol. The highest BCUT2D eigenvalue weighted by molar-refractivity contribution is 14.1. The normalized spacial score (nSPS) is 26.5. The van der Waals surface area contributed by atoms with Crippen molar-refractivity contribution in [2.75, 3.05) is 54.7 Å². The van der Waals surface area contributed by atoms with Gasteiger partial charge in [0.15, 0.2) is 48.5 Å². The number of oxazole rings is 1. The number of methoxy groups -OCH3 is 2. The average Bonchev–Trinajstić information content (AvgIpc) is 1.54. The largest absolute Gasteiger partial charge is 0.475 e. The van der Waals surface area contributed by atoms with Gasteiger partial charge in [-0.2, -0.15) is 0 Å². The molecule has 1 N–H and O–H groups in total. The molecule has 0 aliphatic carbocycles. The fraction of sp³-hybridized carbons (Fsp3) is 0.867. The zero-order chi connectivity index (χ0) is 76.0. The minimum atomic E-state index is -4.29. The summed E-state index contributed by atoms with van der Waals surface area (Å²) < 4.78 is 108. The number of allylic oxidation sites excluding steroid dienone is 2. The van der Waals surface area contributed by atoms with E-state index in [4.69, 9.17) is 64.7 Å². The molecule has 0 unspecified atom stereocenters. The zero-order valence-electron chi connectivity index (χ0n) is 68.6. The first kappa shape index (κ1) is 91.8. The van der Waals surface area contributed by atoms with Gasteiger partial charge >= 0.3 is 7.82 Å². The summed E-state index contributed by atoms with van der Waals surface area (Å²) >= 11 is 2.30. The Hall–Kier alpha value is -0.576. The smallest absolute Gasteiger partial charge is 0.448 e. The number of hydrogen-bond acceptors (Lipinski definition) is 17. The van der Waals surface area contributed by atoms with Crippen LogP contribution in [0.5, 0.6) is 0 Å². The van der Waals surface area contributed by atoms with Crippen molar-refractivity contribution in [2.45, 2.75) is 341 Å². The Morgan fingerprint density at radius 3 is 1.86 bits per heavy atom. The highest BCUT2D eigenvalue weighted by Gasteiger charge is 2.69. The lowest BCUT2D eigenvalue weighted by molar-refractivity contribution is -0.339. The van der Waals surface area contributed by atoms with E-state index < -0.39 is 103 Å². The molecule has 1 aromatic rings. The second-order valence-electron chi connectivity index (χ2n) is 34.8. The van der Waals surface area contributed by atoms with Crippen LogP contribution in [0.25, 0.3) is 6.08 Å². The number of amides is 1. The predicted molar refractivity (Wildman–Crippen MR) is 432 cm³/mol. The van der Waals surface area contributed by atoms with Crippen molar-refractivity contribution in [3.8, 4) is 0 Å². The molecule has 582 valence electrons. The number of halogens is 1. The van der Waals surface area contributed by atoms with Crippen LogP contribution in [0.4, 0.5) is 0 Å². The van der Waals surface area contributed by atoms with E-state index in [1.54, 1.807) is 20.5 Å². The molecule has 18 nitrogen and oxygen atoms in total. The summed E-state index contributed by atoms with van der Waals surface area (Å²) in [6, 6.07) is 6.88. The number of carbonyl (C=O) groups is 1. The number of carbonyl (C=O) groups excluding carboxylic acids is 1. The summed E-state index contributed by atoms with van der Waals surface area (Å²) in [5.74, 6) is -2.05. The first-order chi connectivity index (χ1) is 46.2. The highest BCUT2D eigenvalue weighted by Crippen LogP contribution is 2.62. The molecule has 4 rings (SSSR count). The maximum atomic E-state index is 15.8. The molecule has 0 aromatic carbocycles. The van der Waals surface area contributed by atoms with Crippen LogP contribution in [-0.4, -0.2) is 184 Å². The summed E-state index contributed by atoms with van der Waals surface area (Å²) in [7, 11) is -7.11. The van der Waals surface area contributed by atoms with Crippen molar-refractivity contribution in [2.24, 2.45) is 23.2 Å². The van der Waals surface area contributed by atoms with Crippen LogP contribution in [0, 0.1) is 23.2 Å². The van der Waals surface area contributed by atoms with E-state index in [1.165, 1.54) is 11.1 Å². The molecule has 1 aromatic heterocycles. The Morgan fingerprint density at radius 2 is 1.36 bits per heavy atom. The van der Waals surface area contributed by atoms with Crippen LogP contribution in [0.15, 0.2) is 38.1 Å². The molecule has 0 saturated carbocycles.